The van der Waals surface area contributed by atoms with Crippen LogP contribution in [0.1, 0.15) is 46.5 Å². The van der Waals surface area contributed by atoms with Crippen LogP contribution in [0.2, 0.25) is 0 Å². The molecule has 0 rings (SSSR count). The Hall–Kier alpha value is -0.610. The van der Waals surface area contributed by atoms with E-state index in [2.05, 4.69) is 6.92 Å². The molecule has 0 heterocycles. The number of unbranched alkanes of at least 4 members (excludes halogenated alkanes) is 3. The average molecular weight is 244 g/mol. The van der Waals surface area contributed by atoms with E-state index in [0.717, 1.165) is 12.8 Å². The largest absolute Gasteiger partial charge is 0.395 e. The lowest BCUT2D eigenvalue weighted by Crippen LogP contribution is -2.47. The van der Waals surface area contributed by atoms with Crippen LogP contribution in [0.4, 0.5) is 0 Å². The summed E-state index contributed by atoms with van der Waals surface area (Å²) in [6.07, 6.45) is 4.49. The Morgan fingerprint density at radius 2 is 1.88 bits per heavy atom. The first-order valence-corrected chi connectivity index (χ1v) is 6.69. The monoisotopic (exact) mass is 244 g/mol. The first-order valence-electron chi connectivity index (χ1n) is 6.69. The van der Waals surface area contributed by atoms with Crippen molar-refractivity contribution in [1.29, 1.82) is 0 Å². The summed E-state index contributed by atoms with van der Waals surface area (Å²) >= 11 is 0. The fourth-order valence-electron chi connectivity index (χ4n) is 1.68. The van der Waals surface area contributed by atoms with Crippen LogP contribution < -0.4 is 5.73 Å². The highest BCUT2D eigenvalue weighted by molar-refractivity contribution is 5.81. The molecule has 0 radical (unpaired) electrons. The van der Waals surface area contributed by atoms with Crippen molar-refractivity contribution in [2.75, 3.05) is 19.7 Å². The lowest BCUT2D eigenvalue weighted by Gasteiger charge is -2.26. The number of nitrogens with two attached hydrogens (primary N) is 1. The Morgan fingerprint density at radius 3 is 2.35 bits per heavy atom. The summed E-state index contributed by atoms with van der Waals surface area (Å²) < 4.78 is 0. The second-order valence-corrected chi connectivity index (χ2v) is 4.88. The highest BCUT2D eigenvalue weighted by Gasteiger charge is 2.22. The van der Waals surface area contributed by atoms with Gasteiger partial charge >= 0.3 is 0 Å². The Labute approximate surface area is 105 Å². The highest BCUT2D eigenvalue weighted by atomic mass is 16.3. The summed E-state index contributed by atoms with van der Waals surface area (Å²) in [4.78, 5) is 13.7. The number of rotatable bonds is 9. The molecule has 0 aliphatic rings. The number of carbonyl (C=O) groups is 1. The van der Waals surface area contributed by atoms with Gasteiger partial charge in [0, 0.05) is 13.1 Å². The number of aliphatic hydroxyl groups is 1. The van der Waals surface area contributed by atoms with E-state index < -0.39 is 6.04 Å². The van der Waals surface area contributed by atoms with Crippen LogP contribution in [0, 0.1) is 5.92 Å². The van der Waals surface area contributed by atoms with Gasteiger partial charge in [0.05, 0.1) is 12.6 Å². The van der Waals surface area contributed by atoms with Gasteiger partial charge in [-0.15, -0.1) is 0 Å². The number of carbonyl (C=O) groups excluding carboxylic acids is 1. The Morgan fingerprint density at radius 1 is 1.24 bits per heavy atom. The van der Waals surface area contributed by atoms with Crippen molar-refractivity contribution >= 4 is 5.91 Å². The molecule has 0 spiro atoms. The van der Waals surface area contributed by atoms with Crippen LogP contribution in [0.5, 0.6) is 0 Å². The fraction of sp³-hybridized carbons (Fsp3) is 0.923. The van der Waals surface area contributed by atoms with Gasteiger partial charge < -0.3 is 15.7 Å². The third kappa shape index (κ3) is 6.64. The lowest BCUT2D eigenvalue weighted by atomic mass is 10.0. The molecule has 0 bridgehead atoms. The maximum Gasteiger partial charge on any atom is 0.239 e. The molecular weight excluding hydrogens is 216 g/mol. The number of nitrogens with zero attached hydrogens (tertiary/aromatic N) is 1. The molecule has 17 heavy (non-hydrogen) atoms. The van der Waals surface area contributed by atoms with E-state index in [1.807, 2.05) is 13.8 Å². The average Bonchev–Trinajstić information content (AvgIpc) is 2.31. The van der Waals surface area contributed by atoms with Crippen molar-refractivity contribution in [3.63, 3.8) is 0 Å². The summed E-state index contributed by atoms with van der Waals surface area (Å²) in [6, 6.07) is -0.451. The van der Waals surface area contributed by atoms with Crippen LogP contribution in [0.25, 0.3) is 0 Å². The first kappa shape index (κ1) is 16.4. The minimum absolute atomic E-state index is 0.00430. The van der Waals surface area contributed by atoms with Gasteiger partial charge in [-0.05, 0) is 12.3 Å². The van der Waals surface area contributed by atoms with Crippen LogP contribution >= 0.6 is 0 Å². The summed E-state index contributed by atoms with van der Waals surface area (Å²) in [7, 11) is 0. The minimum atomic E-state index is -0.451. The molecule has 102 valence electrons. The standard InChI is InChI=1S/C13H28N2O2/c1-4-5-6-7-8-15(9-10-16)13(17)12(14)11(2)3/h11-12,16H,4-10,14H2,1-3H3. The zero-order valence-corrected chi connectivity index (χ0v) is 11.5. The minimum Gasteiger partial charge on any atom is -0.395 e. The van der Waals surface area contributed by atoms with E-state index >= 15 is 0 Å². The predicted molar refractivity (Wildman–Crippen MR) is 70.6 cm³/mol. The van der Waals surface area contributed by atoms with Gasteiger partial charge in [-0.1, -0.05) is 40.0 Å². The molecule has 0 aromatic carbocycles. The first-order chi connectivity index (χ1) is 8.04. The second kappa shape index (κ2) is 9.42. The Kier molecular flexibility index (Phi) is 9.09. The molecule has 4 nitrogen and oxygen atoms in total. The van der Waals surface area contributed by atoms with Crippen molar-refractivity contribution in [3.8, 4) is 0 Å². The van der Waals surface area contributed by atoms with Gasteiger partial charge in [0.2, 0.25) is 5.91 Å². The van der Waals surface area contributed by atoms with Crippen molar-refractivity contribution in [1.82, 2.24) is 4.90 Å². The fourth-order valence-corrected chi connectivity index (χ4v) is 1.68. The molecular formula is C13H28N2O2. The topological polar surface area (TPSA) is 66.6 Å². The number of amides is 1. The van der Waals surface area contributed by atoms with E-state index in [1.165, 1.54) is 12.8 Å². The third-order valence-electron chi connectivity index (χ3n) is 2.97. The smallest absolute Gasteiger partial charge is 0.239 e. The van der Waals surface area contributed by atoms with E-state index in [4.69, 9.17) is 10.8 Å². The van der Waals surface area contributed by atoms with Crippen LogP contribution in [0.15, 0.2) is 0 Å². The zero-order valence-electron chi connectivity index (χ0n) is 11.5. The van der Waals surface area contributed by atoms with Gasteiger partial charge in [-0.25, -0.2) is 0 Å². The molecule has 0 aromatic heterocycles. The van der Waals surface area contributed by atoms with Gasteiger partial charge in [-0.3, -0.25) is 4.79 Å². The van der Waals surface area contributed by atoms with Gasteiger partial charge in [0.15, 0.2) is 0 Å². The second-order valence-electron chi connectivity index (χ2n) is 4.88. The summed E-state index contributed by atoms with van der Waals surface area (Å²) in [5.41, 5.74) is 5.85. The van der Waals surface area contributed by atoms with Gasteiger partial charge in [0.1, 0.15) is 0 Å². The number of aliphatic hydroxyl groups excluding tert-OH is 1. The van der Waals surface area contributed by atoms with Crippen molar-refractivity contribution in [2.45, 2.75) is 52.5 Å². The molecule has 3 N–H and O–H groups in total. The summed E-state index contributed by atoms with van der Waals surface area (Å²) in [5, 5.41) is 8.97. The van der Waals surface area contributed by atoms with Crippen molar-refractivity contribution in [2.24, 2.45) is 11.7 Å². The molecule has 0 saturated carbocycles. The molecule has 0 saturated heterocycles. The molecule has 1 amide bonds. The van der Waals surface area contributed by atoms with E-state index in [-0.39, 0.29) is 18.4 Å². The molecule has 1 unspecified atom stereocenters. The summed E-state index contributed by atoms with van der Waals surface area (Å²) in [5.74, 6) is 0.102. The predicted octanol–water partition coefficient (Wildman–Crippen LogP) is 1.37. The number of hydrogen-bond donors (Lipinski definition) is 2. The van der Waals surface area contributed by atoms with Crippen molar-refractivity contribution in [3.05, 3.63) is 0 Å². The summed E-state index contributed by atoms with van der Waals surface area (Å²) in [6.45, 7) is 7.15. The van der Waals surface area contributed by atoms with Crippen LogP contribution in [-0.4, -0.2) is 41.7 Å². The molecule has 1 atom stereocenters. The lowest BCUT2D eigenvalue weighted by molar-refractivity contribution is -0.134. The van der Waals surface area contributed by atoms with Crippen molar-refractivity contribution < 1.29 is 9.90 Å². The zero-order chi connectivity index (χ0) is 13.3. The van der Waals surface area contributed by atoms with Gasteiger partial charge in [-0.2, -0.15) is 0 Å². The Bertz CT molecular complexity index is 208. The normalized spacial score (nSPS) is 12.8. The molecule has 0 aromatic rings. The Balaban J connectivity index is 4.16. The maximum atomic E-state index is 12.0. The van der Waals surface area contributed by atoms with Crippen LogP contribution in [0.3, 0.4) is 0 Å². The van der Waals surface area contributed by atoms with E-state index in [9.17, 15) is 4.79 Å². The van der Waals surface area contributed by atoms with E-state index in [0.29, 0.717) is 13.1 Å². The van der Waals surface area contributed by atoms with Crippen LogP contribution in [-0.2, 0) is 4.79 Å². The SMILES string of the molecule is CCCCCCN(CCO)C(=O)C(N)C(C)C. The highest BCUT2D eigenvalue weighted by Crippen LogP contribution is 2.06. The maximum absolute atomic E-state index is 12.0. The molecule has 0 aliphatic heterocycles. The molecule has 4 heteroatoms. The quantitative estimate of drug-likeness (QED) is 0.602. The van der Waals surface area contributed by atoms with E-state index in [1.54, 1.807) is 4.90 Å². The molecule has 0 aliphatic carbocycles. The third-order valence-corrected chi connectivity index (χ3v) is 2.97. The van der Waals surface area contributed by atoms with Gasteiger partial charge in [0.25, 0.3) is 0 Å². The number of hydrogen-bond acceptors (Lipinski definition) is 3. The molecule has 0 fully saturated rings.